The van der Waals surface area contributed by atoms with Crippen molar-refractivity contribution in [3.05, 3.63) is 60.2 Å². The predicted octanol–water partition coefficient (Wildman–Crippen LogP) is 4.73. The van der Waals surface area contributed by atoms with Gasteiger partial charge in [-0.15, -0.1) is 0 Å². The van der Waals surface area contributed by atoms with Crippen LogP contribution in [0.4, 0.5) is 11.4 Å². The molecular formula is C25H28N2O4. The Labute approximate surface area is 182 Å². The topological polar surface area (TPSA) is 60.0 Å². The molecule has 0 bridgehead atoms. The van der Waals surface area contributed by atoms with Crippen molar-refractivity contribution in [2.24, 2.45) is 0 Å². The molecule has 0 aliphatic carbocycles. The maximum atomic E-state index is 13.2. The number of hydrogen-bond donors (Lipinski definition) is 1. The molecule has 0 unspecified atom stereocenters. The van der Waals surface area contributed by atoms with Crippen LogP contribution in [0.15, 0.2) is 54.6 Å². The van der Waals surface area contributed by atoms with E-state index in [-0.39, 0.29) is 5.91 Å². The summed E-state index contributed by atoms with van der Waals surface area (Å²) < 4.78 is 17.3. The molecule has 1 heterocycles. The van der Waals surface area contributed by atoms with E-state index in [0.29, 0.717) is 43.4 Å². The molecule has 3 aromatic rings. The van der Waals surface area contributed by atoms with Crippen LogP contribution in [0, 0.1) is 0 Å². The third-order valence-corrected chi connectivity index (χ3v) is 5.30. The van der Waals surface area contributed by atoms with Crippen molar-refractivity contribution >= 4 is 28.1 Å². The molecule has 1 amide bonds. The van der Waals surface area contributed by atoms with Crippen molar-refractivity contribution in [2.45, 2.75) is 13.8 Å². The fourth-order valence-corrected chi connectivity index (χ4v) is 3.86. The van der Waals surface area contributed by atoms with Gasteiger partial charge in [0, 0.05) is 30.8 Å². The van der Waals surface area contributed by atoms with Crippen molar-refractivity contribution < 1.29 is 19.0 Å². The van der Waals surface area contributed by atoms with Crippen LogP contribution < -0.4 is 19.7 Å². The summed E-state index contributed by atoms with van der Waals surface area (Å²) in [5.74, 6) is 1.17. The largest absolute Gasteiger partial charge is 0.492 e. The Balaban J connectivity index is 1.70. The minimum absolute atomic E-state index is 0.181. The molecule has 3 aromatic carbocycles. The molecule has 0 atom stereocenters. The third-order valence-electron chi connectivity index (χ3n) is 5.30. The summed E-state index contributed by atoms with van der Waals surface area (Å²) in [6, 6.07) is 17.4. The SMILES string of the molecule is CCOc1cc(N2CCOCC2)c(OCC)cc1NC(=O)c1cccc2ccccc12. The standard InChI is InChI=1S/C25H28N2O4/c1-3-30-23-17-22(27-12-14-29-15-13-27)24(31-4-2)16-21(23)26-25(28)20-11-7-9-18-8-5-6-10-19(18)20/h5-11,16-17H,3-4,12-15H2,1-2H3,(H,26,28). The molecular weight excluding hydrogens is 392 g/mol. The van der Waals surface area contributed by atoms with E-state index in [4.69, 9.17) is 14.2 Å². The van der Waals surface area contributed by atoms with Crippen molar-refractivity contribution in [2.75, 3.05) is 49.7 Å². The van der Waals surface area contributed by atoms with Crippen molar-refractivity contribution in [1.29, 1.82) is 0 Å². The van der Waals surface area contributed by atoms with Gasteiger partial charge >= 0.3 is 0 Å². The lowest BCUT2D eigenvalue weighted by atomic mass is 10.0. The molecule has 1 aliphatic heterocycles. The van der Waals surface area contributed by atoms with Crippen molar-refractivity contribution in [1.82, 2.24) is 0 Å². The first kappa shape index (κ1) is 21.0. The maximum absolute atomic E-state index is 13.2. The minimum atomic E-state index is -0.181. The number of carbonyl (C=O) groups is 1. The average molecular weight is 421 g/mol. The van der Waals surface area contributed by atoms with Crippen LogP contribution in [-0.2, 0) is 4.74 Å². The molecule has 6 nitrogen and oxygen atoms in total. The maximum Gasteiger partial charge on any atom is 0.256 e. The molecule has 1 aliphatic rings. The molecule has 0 aromatic heterocycles. The summed E-state index contributed by atoms with van der Waals surface area (Å²) in [5.41, 5.74) is 2.17. The van der Waals surface area contributed by atoms with Gasteiger partial charge in [-0.25, -0.2) is 0 Å². The molecule has 1 saturated heterocycles. The minimum Gasteiger partial charge on any atom is -0.492 e. The zero-order valence-corrected chi connectivity index (χ0v) is 18.0. The average Bonchev–Trinajstić information content (AvgIpc) is 2.81. The molecule has 1 fully saturated rings. The van der Waals surface area contributed by atoms with E-state index in [1.54, 1.807) is 0 Å². The zero-order chi connectivity index (χ0) is 21.6. The number of ether oxygens (including phenoxy) is 3. The Kier molecular flexibility index (Phi) is 6.57. The van der Waals surface area contributed by atoms with E-state index in [0.717, 1.165) is 35.3 Å². The van der Waals surface area contributed by atoms with Gasteiger partial charge in [-0.1, -0.05) is 36.4 Å². The molecule has 6 heteroatoms. The van der Waals surface area contributed by atoms with Gasteiger partial charge in [-0.3, -0.25) is 4.79 Å². The number of morpholine rings is 1. The fraction of sp³-hybridized carbons (Fsp3) is 0.320. The van der Waals surface area contributed by atoms with E-state index in [2.05, 4.69) is 10.2 Å². The number of fused-ring (bicyclic) bond motifs is 1. The Morgan fingerprint density at radius 2 is 1.68 bits per heavy atom. The predicted molar refractivity (Wildman–Crippen MR) is 124 cm³/mol. The van der Waals surface area contributed by atoms with Crippen molar-refractivity contribution in [3.8, 4) is 11.5 Å². The molecule has 162 valence electrons. The van der Waals surface area contributed by atoms with E-state index in [1.807, 2.05) is 68.4 Å². The summed E-state index contributed by atoms with van der Waals surface area (Å²) in [6.07, 6.45) is 0. The lowest BCUT2D eigenvalue weighted by Crippen LogP contribution is -2.36. The van der Waals surface area contributed by atoms with Crippen LogP contribution in [0.5, 0.6) is 11.5 Å². The van der Waals surface area contributed by atoms with Crippen LogP contribution in [0.3, 0.4) is 0 Å². The zero-order valence-electron chi connectivity index (χ0n) is 18.0. The quantitative estimate of drug-likeness (QED) is 0.599. The van der Waals surface area contributed by atoms with Crippen LogP contribution in [0.2, 0.25) is 0 Å². The van der Waals surface area contributed by atoms with Crippen LogP contribution in [0.25, 0.3) is 10.8 Å². The number of benzene rings is 3. The molecule has 0 radical (unpaired) electrons. The fourth-order valence-electron chi connectivity index (χ4n) is 3.86. The Morgan fingerprint density at radius 3 is 2.45 bits per heavy atom. The van der Waals surface area contributed by atoms with Gasteiger partial charge in [-0.05, 0) is 30.7 Å². The highest BCUT2D eigenvalue weighted by molar-refractivity contribution is 6.13. The number of hydrogen-bond acceptors (Lipinski definition) is 5. The molecule has 0 saturated carbocycles. The molecule has 1 N–H and O–H groups in total. The Hall–Kier alpha value is -3.25. The van der Waals surface area contributed by atoms with E-state index in [1.165, 1.54) is 0 Å². The second-order valence-electron chi connectivity index (χ2n) is 7.26. The number of rotatable bonds is 7. The van der Waals surface area contributed by atoms with Gasteiger partial charge in [0.15, 0.2) is 0 Å². The lowest BCUT2D eigenvalue weighted by molar-refractivity contribution is 0.102. The van der Waals surface area contributed by atoms with Crippen LogP contribution in [0.1, 0.15) is 24.2 Å². The molecule has 31 heavy (non-hydrogen) atoms. The normalized spacial score (nSPS) is 13.8. The first-order chi connectivity index (χ1) is 15.2. The lowest BCUT2D eigenvalue weighted by Gasteiger charge is -2.31. The number of nitrogens with zero attached hydrogens (tertiary/aromatic N) is 1. The first-order valence-electron chi connectivity index (χ1n) is 10.8. The van der Waals surface area contributed by atoms with Gasteiger partial charge in [0.2, 0.25) is 0 Å². The molecule has 0 spiro atoms. The monoisotopic (exact) mass is 420 g/mol. The highest BCUT2D eigenvalue weighted by Gasteiger charge is 2.21. The molecule has 4 rings (SSSR count). The van der Waals surface area contributed by atoms with Crippen LogP contribution >= 0.6 is 0 Å². The summed E-state index contributed by atoms with van der Waals surface area (Å²) in [7, 11) is 0. The Bertz CT molecular complexity index is 1060. The second-order valence-corrected chi connectivity index (χ2v) is 7.26. The summed E-state index contributed by atoms with van der Waals surface area (Å²) in [4.78, 5) is 15.4. The summed E-state index contributed by atoms with van der Waals surface area (Å²) in [5, 5.41) is 4.98. The van der Waals surface area contributed by atoms with Gasteiger partial charge in [-0.2, -0.15) is 0 Å². The highest BCUT2D eigenvalue weighted by atomic mass is 16.5. The van der Waals surface area contributed by atoms with Gasteiger partial charge in [0.1, 0.15) is 11.5 Å². The van der Waals surface area contributed by atoms with E-state index < -0.39 is 0 Å². The number of carbonyl (C=O) groups excluding carboxylic acids is 1. The van der Waals surface area contributed by atoms with E-state index in [9.17, 15) is 4.79 Å². The summed E-state index contributed by atoms with van der Waals surface area (Å²) in [6.45, 7) is 7.83. The smallest absolute Gasteiger partial charge is 0.256 e. The van der Waals surface area contributed by atoms with Gasteiger partial charge < -0.3 is 24.4 Å². The summed E-state index contributed by atoms with van der Waals surface area (Å²) >= 11 is 0. The highest BCUT2D eigenvalue weighted by Crippen LogP contribution is 2.39. The van der Waals surface area contributed by atoms with Gasteiger partial charge in [0.25, 0.3) is 5.91 Å². The number of amides is 1. The Morgan fingerprint density at radius 1 is 0.968 bits per heavy atom. The van der Waals surface area contributed by atoms with E-state index >= 15 is 0 Å². The number of nitrogens with one attached hydrogen (secondary N) is 1. The number of anilines is 2. The van der Waals surface area contributed by atoms with Crippen LogP contribution in [-0.4, -0.2) is 45.4 Å². The van der Waals surface area contributed by atoms with Crippen molar-refractivity contribution in [3.63, 3.8) is 0 Å². The first-order valence-corrected chi connectivity index (χ1v) is 10.8. The second kappa shape index (κ2) is 9.71. The third kappa shape index (κ3) is 4.59. The van der Waals surface area contributed by atoms with Gasteiger partial charge in [0.05, 0.1) is 37.8 Å².